The van der Waals surface area contributed by atoms with Crippen molar-refractivity contribution in [1.29, 1.82) is 0 Å². The van der Waals surface area contributed by atoms with Crippen LogP contribution in [0, 0.1) is 5.82 Å². The van der Waals surface area contributed by atoms with Gasteiger partial charge in [-0.3, -0.25) is 0 Å². The summed E-state index contributed by atoms with van der Waals surface area (Å²) in [6.07, 6.45) is 1.32. The summed E-state index contributed by atoms with van der Waals surface area (Å²) in [6, 6.07) is 4.26. The molecule has 0 bridgehead atoms. The van der Waals surface area contributed by atoms with Crippen LogP contribution in [0.5, 0.6) is 5.75 Å². The molecular formula is C11H10BrFN4O. The van der Waals surface area contributed by atoms with E-state index in [2.05, 4.69) is 31.2 Å². The molecule has 0 aliphatic carbocycles. The minimum Gasteiger partial charge on any atom is -0.497 e. The summed E-state index contributed by atoms with van der Waals surface area (Å²) in [5.41, 5.74) is 6.13. The van der Waals surface area contributed by atoms with Crippen molar-refractivity contribution in [3.63, 3.8) is 0 Å². The third kappa shape index (κ3) is 2.67. The van der Waals surface area contributed by atoms with Gasteiger partial charge in [0.05, 0.1) is 7.11 Å². The molecule has 5 nitrogen and oxygen atoms in total. The number of methoxy groups -OCH3 is 1. The SMILES string of the molecule is COc1cc(F)cc(Nc2ncnc(N)c2Br)c1. The lowest BCUT2D eigenvalue weighted by atomic mass is 10.3. The highest BCUT2D eigenvalue weighted by atomic mass is 79.9. The molecule has 7 heteroatoms. The standard InChI is InChI=1S/C11H10BrFN4O/c1-18-8-3-6(13)2-7(4-8)17-11-9(12)10(14)15-5-16-11/h2-5H,1H3,(H3,14,15,16,17). The minimum atomic E-state index is -0.407. The Bertz CT molecular complexity index is 579. The van der Waals surface area contributed by atoms with E-state index in [0.717, 1.165) is 0 Å². The number of nitrogens with two attached hydrogens (primary N) is 1. The van der Waals surface area contributed by atoms with Crippen molar-refractivity contribution in [2.75, 3.05) is 18.2 Å². The Hall–Kier alpha value is -1.89. The molecule has 0 spiro atoms. The van der Waals surface area contributed by atoms with Gasteiger partial charge >= 0.3 is 0 Å². The molecule has 0 radical (unpaired) electrons. The second-order valence-electron chi connectivity index (χ2n) is 3.43. The first kappa shape index (κ1) is 12.6. The first-order chi connectivity index (χ1) is 8.60. The minimum absolute atomic E-state index is 0.302. The number of aromatic nitrogens is 2. The molecule has 2 aromatic rings. The molecule has 3 N–H and O–H groups in total. The fraction of sp³-hybridized carbons (Fsp3) is 0.0909. The van der Waals surface area contributed by atoms with Crippen LogP contribution < -0.4 is 15.8 Å². The van der Waals surface area contributed by atoms with Gasteiger partial charge < -0.3 is 15.8 Å². The number of benzene rings is 1. The topological polar surface area (TPSA) is 73.1 Å². The van der Waals surface area contributed by atoms with Crippen molar-refractivity contribution in [3.05, 3.63) is 34.8 Å². The second kappa shape index (κ2) is 5.18. The summed E-state index contributed by atoms with van der Waals surface area (Å²) in [5.74, 6) is 0.761. The molecule has 0 saturated heterocycles. The molecule has 0 amide bonds. The number of nitrogens with one attached hydrogen (secondary N) is 1. The molecule has 0 atom stereocenters. The summed E-state index contributed by atoms with van der Waals surface area (Å²) in [6.45, 7) is 0. The molecule has 1 aromatic heterocycles. The van der Waals surface area contributed by atoms with E-state index in [4.69, 9.17) is 10.5 Å². The van der Waals surface area contributed by atoms with E-state index in [0.29, 0.717) is 27.5 Å². The van der Waals surface area contributed by atoms with Crippen molar-refractivity contribution in [1.82, 2.24) is 9.97 Å². The van der Waals surface area contributed by atoms with E-state index in [9.17, 15) is 4.39 Å². The number of hydrogen-bond donors (Lipinski definition) is 2. The van der Waals surface area contributed by atoms with E-state index in [1.807, 2.05) is 0 Å². The summed E-state index contributed by atoms with van der Waals surface area (Å²) in [7, 11) is 1.47. The zero-order valence-electron chi connectivity index (χ0n) is 9.45. The monoisotopic (exact) mass is 312 g/mol. The Labute approximate surface area is 111 Å². The van der Waals surface area contributed by atoms with Crippen molar-refractivity contribution in [2.24, 2.45) is 0 Å². The number of halogens is 2. The Morgan fingerprint density at radius 1 is 1.33 bits per heavy atom. The van der Waals surface area contributed by atoms with Gasteiger partial charge in [0.25, 0.3) is 0 Å². The van der Waals surface area contributed by atoms with Crippen LogP contribution in [0.3, 0.4) is 0 Å². The molecule has 18 heavy (non-hydrogen) atoms. The van der Waals surface area contributed by atoms with Gasteiger partial charge in [-0.05, 0) is 22.0 Å². The van der Waals surface area contributed by atoms with Crippen molar-refractivity contribution in [3.8, 4) is 5.75 Å². The predicted molar refractivity (Wildman–Crippen MR) is 70.4 cm³/mol. The second-order valence-corrected chi connectivity index (χ2v) is 4.22. The molecule has 1 heterocycles. The van der Waals surface area contributed by atoms with E-state index in [1.165, 1.54) is 25.6 Å². The Morgan fingerprint density at radius 2 is 2.11 bits per heavy atom. The van der Waals surface area contributed by atoms with Crippen LogP contribution in [-0.4, -0.2) is 17.1 Å². The average Bonchev–Trinajstić information content (AvgIpc) is 2.34. The van der Waals surface area contributed by atoms with Crippen molar-refractivity contribution in [2.45, 2.75) is 0 Å². The maximum absolute atomic E-state index is 13.3. The molecule has 0 saturated carbocycles. The van der Waals surface area contributed by atoms with Crippen LogP contribution in [0.25, 0.3) is 0 Å². The van der Waals surface area contributed by atoms with Gasteiger partial charge in [0.15, 0.2) is 0 Å². The number of rotatable bonds is 3. The highest BCUT2D eigenvalue weighted by molar-refractivity contribution is 9.10. The Kier molecular flexibility index (Phi) is 3.61. The van der Waals surface area contributed by atoms with Crippen LogP contribution in [-0.2, 0) is 0 Å². The molecular weight excluding hydrogens is 303 g/mol. The molecule has 0 fully saturated rings. The van der Waals surface area contributed by atoms with Crippen molar-refractivity contribution >= 4 is 33.3 Å². The summed E-state index contributed by atoms with van der Waals surface area (Å²) in [4.78, 5) is 7.82. The summed E-state index contributed by atoms with van der Waals surface area (Å²) in [5, 5.41) is 2.93. The number of nitrogen functional groups attached to an aromatic ring is 1. The predicted octanol–water partition coefficient (Wildman–Crippen LogP) is 2.71. The average molecular weight is 313 g/mol. The smallest absolute Gasteiger partial charge is 0.150 e. The van der Waals surface area contributed by atoms with Gasteiger partial charge in [0.1, 0.15) is 34.0 Å². The third-order valence-electron chi connectivity index (χ3n) is 2.19. The number of nitrogens with zero attached hydrogens (tertiary/aromatic N) is 2. The molecule has 1 aromatic carbocycles. The highest BCUT2D eigenvalue weighted by Gasteiger charge is 2.07. The van der Waals surface area contributed by atoms with E-state index in [1.54, 1.807) is 6.07 Å². The first-order valence-electron chi connectivity index (χ1n) is 4.97. The molecule has 0 aliphatic rings. The molecule has 94 valence electrons. The highest BCUT2D eigenvalue weighted by Crippen LogP contribution is 2.28. The fourth-order valence-corrected chi connectivity index (χ4v) is 1.66. The van der Waals surface area contributed by atoms with Crippen LogP contribution in [0.1, 0.15) is 0 Å². The lowest BCUT2D eigenvalue weighted by molar-refractivity contribution is 0.411. The largest absolute Gasteiger partial charge is 0.497 e. The molecule has 2 rings (SSSR count). The van der Waals surface area contributed by atoms with E-state index >= 15 is 0 Å². The van der Waals surface area contributed by atoms with Gasteiger partial charge in [-0.25, -0.2) is 14.4 Å². The summed E-state index contributed by atoms with van der Waals surface area (Å²) >= 11 is 3.25. The van der Waals surface area contributed by atoms with E-state index < -0.39 is 5.82 Å². The summed E-state index contributed by atoms with van der Waals surface area (Å²) < 4.78 is 18.8. The normalized spacial score (nSPS) is 10.2. The Morgan fingerprint density at radius 3 is 2.83 bits per heavy atom. The number of hydrogen-bond acceptors (Lipinski definition) is 5. The number of anilines is 3. The Balaban J connectivity index is 2.34. The van der Waals surface area contributed by atoms with E-state index in [-0.39, 0.29) is 0 Å². The maximum Gasteiger partial charge on any atom is 0.150 e. The fourth-order valence-electron chi connectivity index (χ4n) is 1.36. The molecule has 0 aliphatic heterocycles. The molecule has 0 unspecified atom stereocenters. The van der Waals surface area contributed by atoms with Gasteiger partial charge in [-0.2, -0.15) is 0 Å². The van der Waals surface area contributed by atoms with Gasteiger partial charge in [0.2, 0.25) is 0 Å². The number of ether oxygens (including phenoxy) is 1. The van der Waals surface area contributed by atoms with Gasteiger partial charge in [-0.15, -0.1) is 0 Å². The maximum atomic E-state index is 13.3. The zero-order chi connectivity index (χ0) is 13.1. The van der Waals surface area contributed by atoms with Crippen LogP contribution in [0.2, 0.25) is 0 Å². The first-order valence-corrected chi connectivity index (χ1v) is 5.77. The van der Waals surface area contributed by atoms with Crippen LogP contribution in [0.4, 0.5) is 21.7 Å². The quantitative estimate of drug-likeness (QED) is 0.911. The lowest BCUT2D eigenvalue weighted by Crippen LogP contribution is -2.00. The zero-order valence-corrected chi connectivity index (χ0v) is 11.0. The van der Waals surface area contributed by atoms with Crippen molar-refractivity contribution < 1.29 is 9.13 Å². The van der Waals surface area contributed by atoms with Crippen LogP contribution in [0.15, 0.2) is 29.0 Å². The van der Waals surface area contributed by atoms with Gasteiger partial charge in [-0.1, -0.05) is 0 Å². The lowest BCUT2D eigenvalue weighted by Gasteiger charge is -2.09. The van der Waals surface area contributed by atoms with Gasteiger partial charge in [0, 0.05) is 17.8 Å². The van der Waals surface area contributed by atoms with Crippen LogP contribution >= 0.6 is 15.9 Å². The third-order valence-corrected chi connectivity index (χ3v) is 2.97.